The Hall–Kier alpha value is -1.47. The van der Waals surface area contributed by atoms with E-state index in [-0.39, 0.29) is 22.1 Å². The number of halogens is 1. The molecule has 0 aromatic carbocycles. The van der Waals surface area contributed by atoms with Crippen molar-refractivity contribution in [2.24, 2.45) is 5.41 Å². The minimum atomic E-state index is -0.554. The SMILES string of the molecule is CN1CCC(C)(CNc2ncnc(Cl)c2[N+](=O)[O-])CC1. The van der Waals surface area contributed by atoms with Crippen LogP contribution in [0, 0.1) is 15.5 Å². The van der Waals surface area contributed by atoms with Gasteiger partial charge >= 0.3 is 5.69 Å². The maximum atomic E-state index is 11.0. The highest BCUT2D eigenvalue weighted by Gasteiger charge is 2.30. The topological polar surface area (TPSA) is 84.2 Å². The summed E-state index contributed by atoms with van der Waals surface area (Å²) in [6.45, 7) is 4.88. The summed E-state index contributed by atoms with van der Waals surface area (Å²) in [7, 11) is 2.10. The molecular formula is C12H18ClN5O2. The van der Waals surface area contributed by atoms with E-state index in [2.05, 4.69) is 34.2 Å². The first kappa shape index (κ1) is 14.9. The number of rotatable bonds is 4. The van der Waals surface area contributed by atoms with E-state index >= 15 is 0 Å². The van der Waals surface area contributed by atoms with Gasteiger partial charge in [-0.2, -0.15) is 0 Å². The van der Waals surface area contributed by atoms with Gasteiger partial charge in [0.05, 0.1) is 4.92 Å². The van der Waals surface area contributed by atoms with Crippen LogP contribution in [0.5, 0.6) is 0 Å². The lowest BCUT2D eigenvalue weighted by Crippen LogP contribution is -2.40. The maximum absolute atomic E-state index is 11.0. The van der Waals surface area contributed by atoms with Crippen LogP contribution in [0.15, 0.2) is 6.33 Å². The molecule has 0 unspecified atom stereocenters. The predicted molar refractivity (Wildman–Crippen MR) is 77.0 cm³/mol. The Bertz CT molecular complexity index is 503. The third-order valence-corrected chi connectivity index (χ3v) is 4.11. The van der Waals surface area contributed by atoms with Gasteiger partial charge in [0.2, 0.25) is 11.0 Å². The Morgan fingerprint density at radius 3 is 2.75 bits per heavy atom. The zero-order valence-corrected chi connectivity index (χ0v) is 12.4. The number of likely N-dealkylation sites (tertiary alicyclic amines) is 1. The summed E-state index contributed by atoms with van der Waals surface area (Å²) in [6.07, 6.45) is 3.32. The molecule has 8 heteroatoms. The minimum absolute atomic E-state index is 0.109. The molecular weight excluding hydrogens is 282 g/mol. The number of hydrogen-bond donors (Lipinski definition) is 1. The van der Waals surface area contributed by atoms with Gasteiger partial charge in [0.15, 0.2) is 0 Å². The van der Waals surface area contributed by atoms with Crippen LogP contribution in [0.4, 0.5) is 11.5 Å². The molecule has 0 saturated carbocycles. The second-order valence-corrected chi connectivity index (χ2v) is 5.94. The van der Waals surface area contributed by atoms with Crippen molar-refractivity contribution in [1.29, 1.82) is 0 Å². The van der Waals surface area contributed by atoms with Crippen molar-refractivity contribution in [3.8, 4) is 0 Å². The average Bonchev–Trinajstić information content (AvgIpc) is 2.40. The molecule has 1 N–H and O–H groups in total. The van der Waals surface area contributed by atoms with Crippen LogP contribution < -0.4 is 5.32 Å². The molecule has 0 spiro atoms. The van der Waals surface area contributed by atoms with Crippen molar-refractivity contribution in [2.75, 3.05) is 32.0 Å². The fourth-order valence-corrected chi connectivity index (χ4v) is 2.48. The molecule has 0 atom stereocenters. The van der Waals surface area contributed by atoms with Gasteiger partial charge in [0.1, 0.15) is 6.33 Å². The van der Waals surface area contributed by atoms with E-state index in [9.17, 15) is 10.1 Å². The highest BCUT2D eigenvalue weighted by Crippen LogP contribution is 2.33. The van der Waals surface area contributed by atoms with Gasteiger partial charge in [-0.15, -0.1) is 0 Å². The number of aromatic nitrogens is 2. The lowest BCUT2D eigenvalue weighted by atomic mass is 9.80. The molecule has 1 fully saturated rings. The Morgan fingerprint density at radius 2 is 2.15 bits per heavy atom. The van der Waals surface area contributed by atoms with Gasteiger partial charge in [-0.25, -0.2) is 9.97 Å². The van der Waals surface area contributed by atoms with E-state index in [1.54, 1.807) is 0 Å². The number of nitrogens with one attached hydrogen (secondary N) is 1. The van der Waals surface area contributed by atoms with E-state index in [0.717, 1.165) is 25.9 Å². The molecule has 0 bridgehead atoms. The molecule has 1 aromatic rings. The van der Waals surface area contributed by atoms with Crippen molar-refractivity contribution in [2.45, 2.75) is 19.8 Å². The second kappa shape index (κ2) is 5.88. The van der Waals surface area contributed by atoms with Crippen LogP contribution in [0.25, 0.3) is 0 Å². The van der Waals surface area contributed by atoms with E-state index in [4.69, 9.17) is 11.6 Å². The fourth-order valence-electron chi connectivity index (χ4n) is 2.28. The molecule has 1 aliphatic heterocycles. The monoisotopic (exact) mass is 299 g/mol. The number of nitro groups is 1. The zero-order valence-electron chi connectivity index (χ0n) is 11.6. The van der Waals surface area contributed by atoms with Gasteiger partial charge in [-0.05, 0) is 38.4 Å². The van der Waals surface area contributed by atoms with Crippen molar-refractivity contribution in [3.63, 3.8) is 0 Å². The predicted octanol–water partition coefficient (Wildman–Crippen LogP) is 2.18. The summed E-state index contributed by atoms with van der Waals surface area (Å²) in [6, 6.07) is 0. The van der Waals surface area contributed by atoms with Gasteiger partial charge in [0, 0.05) is 6.54 Å². The van der Waals surface area contributed by atoms with Crippen LogP contribution in [0.2, 0.25) is 5.15 Å². The number of piperidine rings is 1. The molecule has 0 aliphatic carbocycles. The molecule has 2 heterocycles. The number of anilines is 1. The van der Waals surface area contributed by atoms with Crippen LogP contribution in [0.3, 0.4) is 0 Å². The first-order valence-electron chi connectivity index (χ1n) is 6.49. The van der Waals surface area contributed by atoms with Crippen molar-refractivity contribution >= 4 is 23.1 Å². The summed E-state index contributed by atoms with van der Waals surface area (Å²) >= 11 is 5.76. The zero-order chi connectivity index (χ0) is 14.8. The molecule has 1 aliphatic rings. The molecule has 20 heavy (non-hydrogen) atoms. The van der Waals surface area contributed by atoms with E-state index < -0.39 is 4.92 Å². The second-order valence-electron chi connectivity index (χ2n) is 5.59. The molecule has 1 aromatic heterocycles. The smallest absolute Gasteiger partial charge is 0.348 e. The van der Waals surface area contributed by atoms with Gasteiger partial charge < -0.3 is 10.2 Å². The lowest BCUT2D eigenvalue weighted by Gasteiger charge is -2.38. The molecule has 1 saturated heterocycles. The maximum Gasteiger partial charge on any atom is 0.348 e. The minimum Gasteiger partial charge on any atom is -0.364 e. The Balaban J connectivity index is 2.08. The Morgan fingerprint density at radius 1 is 1.50 bits per heavy atom. The summed E-state index contributed by atoms with van der Waals surface area (Å²) in [5.41, 5.74) is -0.150. The molecule has 0 amide bonds. The average molecular weight is 300 g/mol. The molecule has 110 valence electrons. The van der Waals surface area contributed by atoms with Gasteiger partial charge in [-0.1, -0.05) is 18.5 Å². The third kappa shape index (κ3) is 3.34. The van der Waals surface area contributed by atoms with Crippen molar-refractivity contribution in [3.05, 3.63) is 21.6 Å². The van der Waals surface area contributed by atoms with Crippen LogP contribution in [-0.4, -0.2) is 46.5 Å². The van der Waals surface area contributed by atoms with Gasteiger partial charge in [0.25, 0.3) is 0 Å². The molecule has 2 rings (SSSR count). The van der Waals surface area contributed by atoms with Crippen LogP contribution in [0.1, 0.15) is 19.8 Å². The number of hydrogen-bond acceptors (Lipinski definition) is 6. The van der Waals surface area contributed by atoms with Gasteiger partial charge in [-0.3, -0.25) is 10.1 Å². The van der Waals surface area contributed by atoms with Crippen LogP contribution >= 0.6 is 11.6 Å². The first-order valence-corrected chi connectivity index (χ1v) is 6.86. The molecule has 7 nitrogen and oxygen atoms in total. The fraction of sp³-hybridized carbons (Fsp3) is 0.667. The number of nitrogens with zero attached hydrogens (tertiary/aromatic N) is 4. The van der Waals surface area contributed by atoms with Crippen LogP contribution in [-0.2, 0) is 0 Å². The summed E-state index contributed by atoms with van der Waals surface area (Å²) in [5.74, 6) is 0.190. The first-order chi connectivity index (χ1) is 9.41. The normalized spacial score (nSPS) is 18.8. The highest BCUT2D eigenvalue weighted by molar-refractivity contribution is 6.31. The Labute approximate surface area is 122 Å². The highest BCUT2D eigenvalue weighted by atomic mass is 35.5. The quantitative estimate of drug-likeness (QED) is 0.521. The summed E-state index contributed by atoms with van der Waals surface area (Å²) < 4.78 is 0. The van der Waals surface area contributed by atoms with E-state index in [1.165, 1.54) is 6.33 Å². The van der Waals surface area contributed by atoms with Crippen molar-refractivity contribution in [1.82, 2.24) is 14.9 Å². The third-order valence-electron chi connectivity index (χ3n) is 3.84. The Kier molecular flexibility index (Phi) is 4.39. The summed E-state index contributed by atoms with van der Waals surface area (Å²) in [4.78, 5) is 20.3. The van der Waals surface area contributed by atoms with Crippen molar-refractivity contribution < 1.29 is 4.92 Å². The largest absolute Gasteiger partial charge is 0.364 e. The van der Waals surface area contributed by atoms with E-state index in [0.29, 0.717) is 6.54 Å². The standard InChI is InChI=1S/C12H18ClN5O2/c1-12(3-5-17(2)6-4-12)7-14-11-9(18(19)20)10(13)15-8-16-11/h8H,3-7H2,1-2H3,(H,14,15,16). The summed E-state index contributed by atoms with van der Waals surface area (Å²) in [5, 5.41) is 13.9. The molecule has 0 radical (unpaired) electrons. The lowest BCUT2D eigenvalue weighted by molar-refractivity contribution is -0.384. The van der Waals surface area contributed by atoms with E-state index in [1.807, 2.05) is 0 Å².